The highest BCUT2D eigenvalue weighted by molar-refractivity contribution is 5.95. The Balaban J connectivity index is 1.50. The Morgan fingerprint density at radius 3 is 2.58 bits per heavy atom. The zero-order chi connectivity index (χ0) is 18.1. The van der Waals surface area contributed by atoms with Gasteiger partial charge in [0.15, 0.2) is 0 Å². The zero-order valence-corrected chi connectivity index (χ0v) is 15.3. The number of halogens is 1. The lowest BCUT2D eigenvalue weighted by molar-refractivity contribution is -0.149. The molecule has 0 unspecified atom stereocenters. The van der Waals surface area contributed by atoms with Crippen LogP contribution in [0.2, 0.25) is 0 Å². The van der Waals surface area contributed by atoms with Crippen LogP contribution in [0.3, 0.4) is 0 Å². The minimum absolute atomic E-state index is 0.108. The Kier molecular flexibility index (Phi) is 4.72. The molecule has 26 heavy (non-hydrogen) atoms. The van der Waals surface area contributed by atoms with Gasteiger partial charge in [-0.25, -0.2) is 4.39 Å². The van der Waals surface area contributed by atoms with E-state index < -0.39 is 11.2 Å². The van der Waals surface area contributed by atoms with Crippen LogP contribution in [0.25, 0.3) is 0 Å². The van der Waals surface area contributed by atoms with Crippen molar-refractivity contribution in [2.75, 3.05) is 19.6 Å². The predicted octanol–water partition coefficient (Wildman–Crippen LogP) is 3.61. The summed E-state index contributed by atoms with van der Waals surface area (Å²) in [4.78, 5) is 29.9. The number of rotatable bonds is 2. The molecule has 5 heteroatoms. The Morgan fingerprint density at radius 2 is 1.81 bits per heavy atom. The summed E-state index contributed by atoms with van der Waals surface area (Å²) in [6, 6.07) is 6.49. The normalized spacial score (nSPS) is 27.3. The van der Waals surface area contributed by atoms with Crippen LogP contribution in [0.5, 0.6) is 0 Å². The quantitative estimate of drug-likeness (QED) is 0.810. The molecular formula is C21H27FN2O2. The van der Waals surface area contributed by atoms with E-state index in [9.17, 15) is 14.0 Å². The zero-order valence-electron chi connectivity index (χ0n) is 15.3. The highest BCUT2D eigenvalue weighted by atomic mass is 19.1. The topological polar surface area (TPSA) is 40.6 Å². The standard InChI is InChI=1S/C21H27FN2O2/c22-18-10-5-4-9-17(18)19(25)23-14-12-21(15-23)11-6-13-24(20(21)26)16-7-2-1-3-8-16/h4-5,9-10,16H,1-3,6-8,11-15H2/t21-/m1/s1. The summed E-state index contributed by atoms with van der Waals surface area (Å²) in [7, 11) is 0. The fourth-order valence-electron chi connectivity index (χ4n) is 5.07. The third-order valence-corrected chi connectivity index (χ3v) is 6.53. The van der Waals surface area contributed by atoms with E-state index in [2.05, 4.69) is 4.90 Å². The second kappa shape index (κ2) is 7.01. The van der Waals surface area contributed by atoms with Gasteiger partial charge in [-0.15, -0.1) is 0 Å². The molecule has 2 saturated heterocycles. The highest BCUT2D eigenvalue weighted by Gasteiger charge is 2.50. The average molecular weight is 358 g/mol. The van der Waals surface area contributed by atoms with E-state index in [1.807, 2.05) is 0 Å². The smallest absolute Gasteiger partial charge is 0.256 e. The molecule has 1 saturated carbocycles. The van der Waals surface area contributed by atoms with E-state index >= 15 is 0 Å². The van der Waals surface area contributed by atoms with Crippen molar-refractivity contribution in [1.82, 2.24) is 9.80 Å². The summed E-state index contributed by atoms with van der Waals surface area (Å²) < 4.78 is 14.0. The fraction of sp³-hybridized carbons (Fsp3) is 0.619. The molecule has 1 aromatic carbocycles. The summed E-state index contributed by atoms with van der Waals surface area (Å²) in [5.74, 6) is -0.542. The summed E-state index contributed by atoms with van der Waals surface area (Å²) in [6.07, 6.45) is 8.46. The van der Waals surface area contributed by atoms with Crippen molar-refractivity contribution in [3.8, 4) is 0 Å². The maximum absolute atomic E-state index is 14.0. The van der Waals surface area contributed by atoms with Gasteiger partial charge in [-0.05, 0) is 44.2 Å². The number of likely N-dealkylation sites (tertiary alicyclic amines) is 2. The second-order valence-corrected chi connectivity index (χ2v) is 8.13. The van der Waals surface area contributed by atoms with E-state index in [1.54, 1.807) is 17.0 Å². The van der Waals surface area contributed by atoms with Gasteiger partial charge in [-0.3, -0.25) is 9.59 Å². The van der Waals surface area contributed by atoms with Gasteiger partial charge < -0.3 is 9.80 Å². The summed E-state index contributed by atoms with van der Waals surface area (Å²) in [6.45, 7) is 1.83. The average Bonchev–Trinajstić information content (AvgIpc) is 3.10. The minimum Gasteiger partial charge on any atom is -0.339 e. The molecule has 2 heterocycles. The van der Waals surface area contributed by atoms with Crippen LogP contribution in [-0.4, -0.2) is 47.3 Å². The second-order valence-electron chi connectivity index (χ2n) is 8.13. The summed E-state index contributed by atoms with van der Waals surface area (Å²) >= 11 is 0. The van der Waals surface area contributed by atoms with Crippen LogP contribution < -0.4 is 0 Å². The number of hydrogen-bond donors (Lipinski definition) is 0. The SMILES string of the molecule is O=C(c1ccccc1F)N1CC[C@]2(CCCN(C3CCCCC3)C2=O)C1. The Bertz CT molecular complexity index is 701. The number of hydrogen-bond acceptors (Lipinski definition) is 2. The maximum atomic E-state index is 14.0. The molecule has 0 N–H and O–H groups in total. The largest absolute Gasteiger partial charge is 0.339 e. The first-order chi connectivity index (χ1) is 12.6. The summed E-state index contributed by atoms with van der Waals surface area (Å²) in [5, 5.41) is 0. The molecular weight excluding hydrogens is 331 g/mol. The molecule has 2 amide bonds. The van der Waals surface area contributed by atoms with Gasteiger partial charge >= 0.3 is 0 Å². The number of amides is 2. The third-order valence-electron chi connectivity index (χ3n) is 6.53. The van der Waals surface area contributed by atoms with E-state index in [-0.39, 0.29) is 17.4 Å². The van der Waals surface area contributed by atoms with Crippen LogP contribution in [-0.2, 0) is 4.79 Å². The summed E-state index contributed by atoms with van der Waals surface area (Å²) in [5.41, 5.74) is -0.340. The molecule has 3 aliphatic rings. The van der Waals surface area contributed by atoms with Crippen molar-refractivity contribution in [3.63, 3.8) is 0 Å². The molecule has 4 nitrogen and oxygen atoms in total. The Labute approximate surface area is 154 Å². The first kappa shape index (κ1) is 17.5. The molecule has 1 atom stereocenters. The molecule has 2 aliphatic heterocycles. The molecule has 0 bridgehead atoms. The number of carbonyl (C=O) groups excluding carboxylic acids is 2. The monoisotopic (exact) mass is 358 g/mol. The van der Waals surface area contributed by atoms with Gasteiger partial charge in [0.2, 0.25) is 5.91 Å². The van der Waals surface area contributed by atoms with E-state index in [0.717, 1.165) is 32.2 Å². The third kappa shape index (κ3) is 3.01. The molecule has 3 fully saturated rings. The van der Waals surface area contributed by atoms with Crippen LogP contribution in [0, 0.1) is 11.2 Å². The Morgan fingerprint density at radius 1 is 1.04 bits per heavy atom. The number of nitrogens with zero attached hydrogens (tertiary/aromatic N) is 2. The maximum Gasteiger partial charge on any atom is 0.256 e. The molecule has 1 spiro atoms. The van der Waals surface area contributed by atoms with Crippen LogP contribution in [0.1, 0.15) is 61.7 Å². The fourth-order valence-corrected chi connectivity index (χ4v) is 5.07. The molecule has 1 aliphatic carbocycles. The van der Waals surface area contributed by atoms with Gasteiger partial charge in [0.25, 0.3) is 5.91 Å². The highest BCUT2D eigenvalue weighted by Crippen LogP contribution is 2.42. The van der Waals surface area contributed by atoms with Crippen molar-refractivity contribution < 1.29 is 14.0 Å². The van der Waals surface area contributed by atoms with Crippen molar-refractivity contribution in [2.24, 2.45) is 5.41 Å². The van der Waals surface area contributed by atoms with Crippen molar-refractivity contribution in [2.45, 2.75) is 57.4 Å². The number of piperidine rings is 1. The molecule has 140 valence electrons. The molecule has 4 rings (SSSR count). The first-order valence-corrected chi connectivity index (χ1v) is 9.96. The van der Waals surface area contributed by atoms with Gasteiger partial charge in [0.1, 0.15) is 5.82 Å². The van der Waals surface area contributed by atoms with Crippen LogP contribution >= 0.6 is 0 Å². The molecule has 0 aromatic heterocycles. The van der Waals surface area contributed by atoms with E-state index in [1.165, 1.54) is 31.4 Å². The minimum atomic E-state index is -0.489. The van der Waals surface area contributed by atoms with Gasteiger partial charge in [0.05, 0.1) is 11.0 Å². The Hall–Kier alpha value is -1.91. The lowest BCUT2D eigenvalue weighted by Crippen LogP contribution is -2.54. The van der Waals surface area contributed by atoms with Gasteiger partial charge in [-0.1, -0.05) is 31.4 Å². The van der Waals surface area contributed by atoms with Gasteiger partial charge in [0, 0.05) is 25.7 Å². The van der Waals surface area contributed by atoms with Crippen LogP contribution in [0.15, 0.2) is 24.3 Å². The van der Waals surface area contributed by atoms with Crippen molar-refractivity contribution >= 4 is 11.8 Å². The first-order valence-electron chi connectivity index (χ1n) is 9.96. The lowest BCUT2D eigenvalue weighted by Gasteiger charge is -2.44. The molecule has 1 aromatic rings. The van der Waals surface area contributed by atoms with Crippen molar-refractivity contribution in [1.29, 1.82) is 0 Å². The van der Waals surface area contributed by atoms with Crippen LogP contribution in [0.4, 0.5) is 4.39 Å². The lowest BCUT2D eigenvalue weighted by atomic mass is 9.77. The predicted molar refractivity (Wildman–Crippen MR) is 97.2 cm³/mol. The van der Waals surface area contributed by atoms with E-state index in [4.69, 9.17) is 0 Å². The number of carbonyl (C=O) groups is 2. The van der Waals surface area contributed by atoms with Crippen molar-refractivity contribution in [3.05, 3.63) is 35.6 Å². The van der Waals surface area contributed by atoms with Gasteiger partial charge in [-0.2, -0.15) is 0 Å². The molecule has 0 radical (unpaired) electrons. The number of benzene rings is 1. The van der Waals surface area contributed by atoms with E-state index in [0.29, 0.717) is 25.6 Å².